The highest BCUT2D eigenvalue weighted by molar-refractivity contribution is 5.84. The number of hydrogen-bond acceptors (Lipinski definition) is 2. The summed E-state index contributed by atoms with van der Waals surface area (Å²) in [4.78, 5) is 4.58. The number of nitrogen functional groups attached to an aromatic ring is 1. The molecular weight excluding hydrogens is 220 g/mol. The average molecular weight is 240 g/mol. The van der Waals surface area contributed by atoms with E-state index in [-0.39, 0.29) is 0 Å². The number of fused-ring (bicyclic) bond motifs is 1. The van der Waals surface area contributed by atoms with Crippen LogP contribution in [0.3, 0.4) is 0 Å². The molecule has 0 unspecified atom stereocenters. The van der Waals surface area contributed by atoms with Gasteiger partial charge in [0.15, 0.2) is 0 Å². The van der Waals surface area contributed by atoms with E-state index >= 15 is 0 Å². The van der Waals surface area contributed by atoms with Gasteiger partial charge in [-0.1, -0.05) is 44.0 Å². The van der Waals surface area contributed by atoms with Gasteiger partial charge in [-0.15, -0.1) is 0 Å². The molecule has 0 amide bonds. The molecule has 94 valence electrons. The van der Waals surface area contributed by atoms with Crippen molar-refractivity contribution in [1.29, 1.82) is 0 Å². The van der Waals surface area contributed by atoms with Crippen molar-refractivity contribution >= 4 is 22.7 Å². The molecule has 2 rings (SSSR count). The maximum Gasteiger partial charge on any atom is 0.0863 e. The number of hydrogen-bond donors (Lipinski definition) is 1. The maximum absolute atomic E-state index is 6.01. The van der Waals surface area contributed by atoms with E-state index in [9.17, 15) is 0 Å². The lowest BCUT2D eigenvalue weighted by molar-refractivity contribution is 0.730. The van der Waals surface area contributed by atoms with Crippen LogP contribution in [0, 0.1) is 0 Å². The molecule has 0 aliphatic rings. The van der Waals surface area contributed by atoms with Crippen molar-refractivity contribution in [3.8, 4) is 0 Å². The number of benzene rings is 1. The van der Waals surface area contributed by atoms with Gasteiger partial charge in [0.2, 0.25) is 0 Å². The summed E-state index contributed by atoms with van der Waals surface area (Å²) in [6.07, 6.45) is 9.08. The molecule has 0 atom stereocenters. The highest BCUT2D eigenvalue weighted by Crippen LogP contribution is 2.19. The topological polar surface area (TPSA) is 38.9 Å². The van der Waals surface area contributed by atoms with Crippen molar-refractivity contribution in [3.05, 3.63) is 42.1 Å². The third-order valence-electron chi connectivity index (χ3n) is 3.03. The number of para-hydroxylation sites is 1. The summed E-state index contributed by atoms with van der Waals surface area (Å²) in [5, 5.41) is 1.10. The van der Waals surface area contributed by atoms with Crippen LogP contribution in [0.5, 0.6) is 0 Å². The highest BCUT2D eigenvalue weighted by atomic mass is 14.7. The second kappa shape index (κ2) is 6.20. The van der Waals surface area contributed by atoms with E-state index in [1.807, 2.05) is 36.4 Å². The lowest BCUT2D eigenvalue weighted by atomic mass is 10.1. The molecule has 18 heavy (non-hydrogen) atoms. The first kappa shape index (κ1) is 12.6. The predicted molar refractivity (Wildman–Crippen MR) is 79.3 cm³/mol. The number of nitrogens with zero attached hydrogens (tertiary/aromatic N) is 1. The largest absolute Gasteiger partial charge is 0.397 e. The molecule has 0 saturated heterocycles. The zero-order chi connectivity index (χ0) is 12.8. The molecule has 1 aromatic heterocycles. The molecule has 0 radical (unpaired) electrons. The number of anilines is 1. The first-order valence-electron chi connectivity index (χ1n) is 6.63. The van der Waals surface area contributed by atoms with Gasteiger partial charge in [0.1, 0.15) is 0 Å². The Balaban J connectivity index is 2.15. The Morgan fingerprint density at radius 3 is 2.89 bits per heavy atom. The van der Waals surface area contributed by atoms with Gasteiger partial charge < -0.3 is 5.73 Å². The lowest BCUT2D eigenvalue weighted by Gasteiger charge is -2.03. The van der Waals surface area contributed by atoms with Crippen LogP contribution < -0.4 is 5.73 Å². The molecule has 1 heterocycles. The summed E-state index contributed by atoms with van der Waals surface area (Å²) in [7, 11) is 0. The van der Waals surface area contributed by atoms with Crippen molar-refractivity contribution < 1.29 is 0 Å². The van der Waals surface area contributed by atoms with E-state index in [2.05, 4.69) is 18.0 Å². The fraction of sp³-hybridized carbons (Fsp3) is 0.312. The molecule has 2 N–H and O–H groups in total. The number of allylic oxidation sites excluding steroid dienone is 1. The van der Waals surface area contributed by atoms with Crippen LogP contribution in [0.15, 0.2) is 36.4 Å². The summed E-state index contributed by atoms with van der Waals surface area (Å²) < 4.78 is 0. The smallest absolute Gasteiger partial charge is 0.0863 e. The fourth-order valence-corrected chi connectivity index (χ4v) is 1.99. The number of nitrogens with two attached hydrogens (primary N) is 1. The van der Waals surface area contributed by atoms with E-state index in [1.165, 1.54) is 19.3 Å². The number of pyridine rings is 1. The molecule has 0 fully saturated rings. The maximum atomic E-state index is 6.01. The van der Waals surface area contributed by atoms with Crippen molar-refractivity contribution in [1.82, 2.24) is 4.98 Å². The van der Waals surface area contributed by atoms with Crippen LogP contribution in [0.25, 0.3) is 17.0 Å². The zero-order valence-electron chi connectivity index (χ0n) is 10.9. The van der Waals surface area contributed by atoms with Crippen LogP contribution in [0.2, 0.25) is 0 Å². The molecular formula is C16H20N2. The normalized spacial score (nSPS) is 11.4. The number of aromatic nitrogens is 1. The van der Waals surface area contributed by atoms with Crippen LogP contribution in [-0.4, -0.2) is 4.98 Å². The number of unbranched alkanes of at least 4 members (excludes halogenated alkanes) is 3. The van der Waals surface area contributed by atoms with Crippen LogP contribution >= 0.6 is 0 Å². The van der Waals surface area contributed by atoms with E-state index < -0.39 is 0 Å². The van der Waals surface area contributed by atoms with E-state index in [1.54, 1.807) is 0 Å². The SMILES string of the molecule is CCCCCC=Cc1nc2ccccc2cc1N. The van der Waals surface area contributed by atoms with Gasteiger partial charge in [-0.2, -0.15) is 0 Å². The standard InChI is InChI=1S/C16H20N2/c1-2-3-4-5-6-11-16-14(17)12-13-9-7-8-10-15(13)18-16/h6-12H,2-5,17H2,1H3. The Labute approximate surface area is 109 Å². The highest BCUT2D eigenvalue weighted by Gasteiger charge is 2.00. The second-order valence-corrected chi connectivity index (χ2v) is 4.55. The molecule has 1 aromatic carbocycles. The Bertz CT molecular complexity index is 544. The third kappa shape index (κ3) is 3.10. The molecule has 0 bridgehead atoms. The van der Waals surface area contributed by atoms with Gasteiger partial charge >= 0.3 is 0 Å². The van der Waals surface area contributed by atoms with Crippen molar-refractivity contribution in [2.45, 2.75) is 32.6 Å². The Morgan fingerprint density at radius 2 is 2.06 bits per heavy atom. The Morgan fingerprint density at radius 1 is 1.22 bits per heavy atom. The zero-order valence-corrected chi connectivity index (χ0v) is 10.9. The van der Waals surface area contributed by atoms with Crippen LogP contribution in [0.4, 0.5) is 5.69 Å². The molecule has 0 saturated carbocycles. The van der Waals surface area contributed by atoms with Gasteiger partial charge in [0.05, 0.1) is 16.9 Å². The molecule has 2 nitrogen and oxygen atoms in total. The average Bonchev–Trinajstić information content (AvgIpc) is 2.39. The van der Waals surface area contributed by atoms with Gasteiger partial charge in [-0.3, -0.25) is 0 Å². The van der Waals surface area contributed by atoms with E-state index in [0.29, 0.717) is 0 Å². The second-order valence-electron chi connectivity index (χ2n) is 4.55. The van der Waals surface area contributed by atoms with E-state index in [0.717, 1.165) is 28.7 Å². The van der Waals surface area contributed by atoms with Crippen molar-refractivity contribution in [2.75, 3.05) is 5.73 Å². The molecule has 0 aliphatic carbocycles. The summed E-state index contributed by atoms with van der Waals surface area (Å²) >= 11 is 0. The summed E-state index contributed by atoms with van der Waals surface area (Å²) in [5.41, 5.74) is 8.64. The predicted octanol–water partition coefficient (Wildman–Crippen LogP) is 4.41. The summed E-state index contributed by atoms with van der Waals surface area (Å²) in [6.45, 7) is 2.21. The minimum absolute atomic E-state index is 0.750. The minimum Gasteiger partial charge on any atom is -0.397 e. The van der Waals surface area contributed by atoms with Gasteiger partial charge in [-0.05, 0) is 31.1 Å². The van der Waals surface area contributed by atoms with Crippen molar-refractivity contribution in [2.24, 2.45) is 0 Å². The van der Waals surface area contributed by atoms with Crippen molar-refractivity contribution in [3.63, 3.8) is 0 Å². The van der Waals surface area contributed by atoms with Gasteiger partial charge in [-0.25, -0.2) is 4.98 Å². The summed E-state index contributed by atoms with van der Waals surface area (Å²) in [6, 6.07) is 10.1. The van der Waals surface area contributed by atoms with Gasteiger partial charge in [0.25, 0.3) is 0 Å². The van der Waals surface area contributed by atoms with Crippen LogP contribution in [-0.2, 0) is 0 Å². The first-order valence-corrected chi connectivity index (χ1v) is 6.63. The quantitative estimate of drug-likeness (QED) is 0.786. The summed E-state index contributed by atoms with van der Waals surface area (Å²) in [5.74, 6) is 0. The molecule has 0 aliphatic heterocycles. The molecule has 2 heteroatoms. The first-order chi connectivity index (χ1) is 8.81. The molecule has 2 aromatic rings. The molecule has 0 spiro atoms. The fourth-order valence-electron chi connectivity index (χ4n) is 1.99. The Kier molecular flexibility index (Phi) is 4.35. The number of rotatable bonds is 5. The Hall–Kier alpha value is -1.83. The monoisotopic (exact) mass is 240 g/mol. The third-order valence-corrected chi connectivity index (χ3v) is 3.03. The minimum atomic E-state index is 0.750. The van der Waals surface area contributed by atoms with E-state index in [4.69, 9.17) is 5.73 Å². The van der Waals surface area contributed by atoms with Crippen LogP contribution in [0.1, 0.15) is 38.3 Å². The lowest BCUT2D eigenvalue weighted by Crippen LogP contribution is -1.93. The van der Waals surface area contributed by atoms with Gasteiger partial charge in [0, 0.05) is 5.39 Å².